The second-order valence-corrected chi connectivity index (χ2v) is 11.1. The van der Waals surface area contributed by atoms with Crippen molar-refractivity contribution in [3.8, 4) is 0 Å². The standard InChI is InChI=1S/C18H28N4O3S2/c1-13(2)11-18(3)16(23)22(17(19)20-18)12-14-6-8-21(9-7-14)27(24,25)15-5-4-10-26-15/h4-5,10,13-14H,6-9,11-12H2,1-3H3,(H2,19,20). The number of thiophene rings is 1. The summed E-state index contributed by atoms with van der Waals surface area (Å²) >= 11 is 1.24. The molecule has 1 fully saturated rings. The van der Waals surface area contributed by atoms with Gasteiger partial charge >= 0.3 is 0 Å². The number of hydrogen-bond donors (Lipinski definition) is 1. The highest BCUT2D eigenvalue weighted by molar-refractivity contribution is 7.91. The maximum absolute atomic E-state index is 12.9. The molecule has 27 heavy (non-hydrogen) atoms. The third-order valence-electron chi connectivity index (χ3n) is 5.25. The molecule has 0 spiro atoms. The lowest BCUT2D eigenvalue weighted by molar-refractivity contribution is -0.131. The van der Waals surface area contributed by atoms with E-state index in [0.717, 1.165) is 0 Å². The summed E-state index contributed by atoms with van der Waals surface area (Å²) in [4.78, 5) is 18.9. The van der Waals surface area contributed by atoms with Gasteiger partial charge in [0.25, 0.3) is 15.9 Å². The van der Waals surface area contributed by atoms with E-state index < -0.39 is 15.6 Å². The Balaban J connectivity index is 1.60. The minimum Gasteiger partial charge on any atom is -0.369 e. The summed E-state index contributed by atoms with van der Waals surface area (Å²) in [7, 11) is -3.40. The molecule has 2 aliphatic rings. The molecular formula is C18H28N4O3S2. The van der Waals surface area contributed by atoms with Crippen molar-refractivity contribution in [3.05, 3.63) is 17.5 Å². The molecule has 150 valence electrons. The number of nitrogens with zero attached hydrogens (tertiary/aromatic N) is 3. The van der Waals surface area contributed by atoms with Crippen molar-refractivity contribution >= 4 is 33.2 Å². The normalized spacial score (nSPS) is 25.4. The first-order chi connectivity index (χ1) is 12.6. The lowest BCUT2D eigenvalue weighted by Gasteiger charge is -2.33. The number of sulfonamides is 1. The predicted molar refractivity (Wildman–Crippen MR) is 107 cm³/mol. The molecular weight excluding hydrogens is 384 g/mol. The van der Waals surface area contributed by atoms with E-state index in [1.165, 1.54) is 11.3 Å². The predicted octanol–water partition coefficient (Wildman–Crippen LogP) is 2.11. The van der Waals surface area contributed by atoms with Crippen LogP contribution in [0.1, 0.15) is 40.0 Å². The topological polar surface area (TPSA) is 96.1 Å². The molecule has 1 amide bonds. The summed E-state index contributed by atoms with van der Waals surface area (Å²) in [6.45, 7) is 7.42. The van der Waals surface area contributed by atoms with Gasteiger partial charge in [-0.25, -0.2) is 13.4 Å². The molecule has 0 aromatic carbocycles. The average molecular weight is 413 g/mol. The van der Waals surface area contributed by atoms with E-state index in [0.29, 0.717) is 49.0 Å². The number of carbonyl (C=O) groups is 1. The number of guanidine groups is 1. The molecule has 3 heterocycles. The molecule has 1 atom stereocenters. The van der Waals surface area contributed by atoms with Crippen molar-refractivity contribution in [2.75, 3.05) is 19.6 Å². The van der Waals surface area contributed by atoms with Crippen molar-refractivity contribution in [2.45, 2.75) is 49.8 Å². The van der Waals surface area contributed by atoms with Crippen molar-refractivity contribution in [3.63, 3.8) is 0 Å². The van der Waals surface area contributed by atoms with Crippen LogP contribution < -0.4 is 5.73 Å². The second kappa shape index (κ2) is 7.52. The molecule has 9 heteroatoms. The Morgan fingerprint density at radius 1 is 1.37 bits per heavy atom. The van der Waals surface area contributed by atoms with Crippen LogP contribution in [0, 0.1) is 11.8 Å². The molecule has 3 rings (SSSR count). The van der Waals surface area contributed by atoms with Crippen molar-refractivity contribution in [1.29, 1.82) is 0 Å². The van der Waals surface area contributed by atoms with E-state index in [9.17, 15) is 13.2 Å². The number of amides is 1. The molecule has 1 saturated heterocycles. The van der Waals surface area contributed by atoms with Gasteiger partial charge in [-0.2, -0.15) is 4.31 Å². The van der Waals surface area contributed by atoms with Crippen molar-refractivity contribution in [2.24, 2.45) is 22.6 Å². The number of carbonyl (C=O) groups excluding carboxylic acids is 1. The lowest BCUT2D eigenvalue weighted by Crippen LogP contribution is -2.47. The Morgan fingerprint density at radius 2 is 2.04 bits per heavy atom. The molecule has 0 aliphatic carbocycles. The van der Waals surface area contributed by atoms with Crippen LogP contribution in [-0.4, -0.2) is 54.7 Å². The van der Waals surface area contributed by atoms with Crippen molar-refractivity contribution < 1.29 is 13.2 Å². The fourth-order valence-electron chi connectivity index (χ4n) is 3.99. The van der Waals surface area contributed by atoms with Crippen molar-refractivity contribution in [1.82, 2.24) is 9.21 Å². The van der Waals surface area contributed by atoms with Gasteiger partial charge in [0, 0.05) is 19.6 Å². The van der Waals surface area contributed by atoms with Gasteiger partial charge in [-0.3, -0.25) is 9.69 Å². The monoisotopic (exact) mass is 412 g/mol. The molecule has 2 aliphatic heterocycles. The Bertz CT molecular complexity index is 812. The molecule has 2 N–H and O–H groups in total. The van der Waals surface area contributed by atoms with E-state index in [-0.39, 0.29) is 17.8 Å². The van der Waals surface area contributed by atoms with E-state index in [4.69, 9.17) is 5.73 Å². The first kappa shape index (κ1) is 20.3. The molecule has 1 unspecified atom stereocenters. The zero-order chi connectivity index (χ0) is 19.8. The summed E-state index contributed by atoms with van der Waals surface area (Å²) in [5.41, 5.74) is 5.27. The average Bonchev–Trinajstić information content (AvgIpc) is 3.19. The van der Waals surface area contributed by atoms with E-state index in [2.05, 4.69) is 18.8 Å². The Hall–Kier alpha value is -1.45. The van der Waals surface area contributed by atoms with Crippen LogP contribution in [0.15, 0.2) is 26.7 Å². The SMILES string of the molecule is CC(C)CC1(C)N=C(N)N(CC2CCN(S(=O)(=O)c3cccs3)CC2)C1=O. The van der Waals surface area contributed by atoms with Crippen LogP contribution in [-0.2, 0) is 14.8 Å². The van der Waals surface area contributed by atoms with Gasteiger partial charge in [-0.05, 0) is 49.5 Å². The zero-order valence-corrected chi connectivity index (χ0v) is 17.7. The molecule has 1 aromatic rings. The fraction of sp³-hybridized carbons (Fsp3) is 0.667. The highest BCUT2D eigenvalue weighted by Crippen LogP contribution is 2.31. The molecule has 1 aromatic heterocycles. The van der Waals surface area contributed by atoms with Gasteiger partial charge < -0.3 is 5.73 Å². The minimum atomic E-state index is -3.40. The summed E-state index contributed by atoms with van der Waals surface area (Å²) < 4.78 is 27.2. The van der Waals surface area contributed by atoms with Crippen LogP contribution in [0.5, 0.6) is 0 Å². The summed E-state index contributed by atoms with van der Waals surface area (Å²) in [5, 5.41) is 1.77. The van der Waals surface area contributed by atoms with Gasteiger partial charge in [0.1, 0.15) is 9.75 Å². The summed E-state index contributed by atoms with van der Waals surface area (Å²) in [5.74, 6) is 0.819. The first-order valence-electron chi connectivity index (χ1n) is 9.34. The molecule has 0 bridgehead atoms. The third kappa shape index (κ3) is 4.05. The second-order valence-electron chi connectivity index (χ2n) is 8.04. The fourth-order valence-corrected chi connectivity index (χ4v) is 6.60. The zero-order valence-electron chi connectivity index (χ0n) is 16.1. The van der Waals surface area contributed by atoms with Crippen LogP contribution >= 0.6 is 11.3 Å². The van der Waals surface area contributed by atoms with Crippen LogP contribution in [0.25, 0.3) is 0 Å². The largest absolute Gasteiger partial charge is 0.369 e. The quantitative estimate of drug-likeness (QED) is 0.774. The highest BCUT2D eigenvalue weighted by atomic mass is 32.2. The van der Waals surface area contributed by atoms with Crippen LogP contribution in [0.4, 0.5) is 0 Å². The summed E-state index contributed by atoms with van der Waals surface area (Å²) in [6, 6.07) is 3.39. The molecule has 0 saturated carbocycles. The minimum absolute atomic E-state index is 0.0395. The van der Waals surface area contributed by atoms with Gasteiger partial charge in [0.15, 0.2) is 5.96 Å². The van der Waals surface area contributed by atoms with Crippen LogP contribution in [0.3, 0.4) is 0 Å². The number of aliphatic imine (C=N–C) groups is 1. The highest BCUT2D eigenvalue weighted by Gasteiger charge is 2.45. The van der Waals surface area contributed by atoms with Gasteiger partial charge in [-0.1, -0.05) is 19.9 Å². The maximum Gasteiger partial charge on any atom is 0.257 e. The Labute approximate surface area is 165 Å². The number of nitrogens with two attached hydrogens (primary N) is 1. The number of rotatable bonds is 6. The smallest absolute Gasteiger partial charge is 0.257 e. The Morgan fingerprint density at radius 3 is 2.59 bits per heavy atom. The van der Waals surface area contributed by atoms with Gasteiger partial charge in [0.05, 0.1) is 0 Å². The number of piperidine rings is 1. The van der Waals surface area contributed by atoms with Gasteiger partial charge in [-0.15, -0.1) is 11.3 Å². The van der Waals surface area contributed by atoms with E-state index in [1.54, 1.807) is 26.7 Å². The third-order valence-corrected chi connectivity index (χ3v) is 8.52. The van der Waals surface area contributed by atoms with Crippen LogP contribution in [0.2, 0.25) is 0 Å². The van der Waals surface area contributed by atoms with Gasteiger partial charge in [0.2, 0.25) is 0 Å². The van der Waals surface area contributed by atoms with E-state index >= 15 is 0 Å². The molecule has 0 radical (unpaired) electrons. The van der Waals surface area contributed by atoms with E-state index in [1.807, 2.05) is 6.92 Å². The summed E-state index contributed by atoms with van der Waals surface area (Å²) in [6.07, 6.45) is 2.09. The Kier molecular flexibility index (Phi) is 5.65. The lowest BCUT2D eigenvalue weighted by atomic mass is 9.90. The first-order valence-corrected chi connectivity index (χ1v) is 11.7. The molecule has 7 nitrogen and oxygen atoms in total. The number of hydrogen-bond acceptors (Lipinski definition) is 6. The maximum atomic E-state index is 12.9.